The van der Waals surface area contributed by atoms with Crippen molar-refractivity contribution in [1.29, 1.82) is 0 Å². The zero-order chi connectivity index (χ0) is 44.6. The standard InChI is InChI=1S/C48H71FN2O10/c1-9-34-23-28(2)22-29(3)24-41(57-7)44-42(58-8)26-32(6)48(56,61-44)45(53)46(54)51-21-11-10-12-38(51)47(55)60-43(30(4)13-20-39(34)52)31(5)25-33-14-19-37(50)40(27-33)59-36-17-15-35(49)16-18-36/h15-18,23,25,29-30,32-34,37-38,40-44,56H,9-14,19-22,24,26-27,50H2,1-8H3/b28-23+,31-25?. The molecule has 3 aliphatic heterocycles. The van der Waals surface area contributed by atoms with E-state index in [0.29, 0.717) is 57.1 Å². The Morgan fingerprint density at radius 2 is 1.66 bits per heavy atom. The average Bonchev–Trinajstić information content (AvgIpc) is 3.24. The van der Waals surface area contributed by atoms with Gasteiger partial charge in [0.1, 0.15) is 41.7 Å². The van der Waals surface area contributed by atoms with Gasteiger partial charge in [0.15, 0.2) is 0 Å². The Hall–Kier alpha value is -3.49. The first-order chi connectivity index (χ1) is 29.0. The molecule has 340 valence electrons. The lowest BCUT2D eigenvalue weighted by Crippen LogP contribution is -2.64. The van der Waals surface area contributed by atoms with Crippen LogP contribution in [0.25, 0.3) is 0 Å². The number of piperidine rings is 1. The highest BCUT2D eigenvalue weighted by atomic mass is 19.1. The second-order valence-electron chi connectivity index (χ2n) is 18.5. The molecule has 12 nitrogen and oxygen atoms in total. The normalized spacial score (nSPS) is 37.8. The minimum atomic E-state index is -2.48. The Labute approximate surface area is 362 Å². The van der Waals surface area contributed by atoms with Crippen molar-refractivity contribution in [3.63, 3.8) is 0 Å². The SMILES string of the molecule is CCC1/C=C(\C)CC(C)CC(OC)C2OC(O)(C(=O)C(=O)N3CCCCC3C(=O)OC(C(C)=CC3CCC(N)C(Oc4ccc(F)cc4)C3)C(C)CCC1=O)C(C)CC2OC. The summed E-state index contributed by atoms with van der Waals surface area (Å²) in [5, 5.41) is 12.1. The Balaban J connectivity index is 1.48. The fourth-order valence-corrected chi connectivity index (χ4v) is 10.0. The van der Waals surface area contributed by atoms with E-state index in [2.05, 4.69) is 19.1 Å². The number of benzene rings is 1. The first-order valence-electron chi connectivity index (χ1n) is 22.6. The molecule has 1 aromatic carbocycles. The van der Waals surface area contributed by atoms with Crippen LogP contribution in [-0.4, -0.2) is 103 Å². The van der Waals surface area contributed by atoms with Crippen molar-refractivity contribution in [2.45, 2.75) is 167 Å². The number of Topliss-reactive ketones (excluding diaryl/α,β-unsaturated/α-hetero) is 2. The third kappa shape index (κ3) is 12.0. The van der Waals surface area contributed by atoms with Gasteiger partial charge in [0, 0.05) is 45.1 Å². The van der Waals surface area contributed by atoms with E-state index in [9.17, 15) is 28.7 Å². The van der Waals surface area contributed by atoms with Crippen molar-refractivity contribution in [1.82, 2.24) is 4.90 Å². The number of fused-ring (bicyclic) bond motifs is 3. The largest absolute Gasteiger partial charge is 0.489 e. The number of nitrogens with zero attached hydrogens (tertiary/aromatic N) is 1. The van der Waals surface area contributed by atoms with Crippen molar-refractivity contribution < 1.29 is 52.4 Å². The van der Waals surface area contributed by atoms with Crippen molar-refractivity contribution in [3.8, 4) is 5.75 Å². The molecular weight excluding hydrogens is 784 g/mol. The topological polar surface area (TPSA) is 164 Å². The van der Waals surface area contributed by atoms with Gasteiger partial charge in [-0.1, -0.05) is 45.4 Å². The van der Waals surface area contributed by atoms with E-state index in [4.69, 9.17) is 29.4 Å². The van der Waals surface area contributed by atoms with Crippen LogP contribution in [-0.2, 0) is 38.1 Å². The third-order valence-corrected chi connectivity index (χ3v) is 13.6. The highest BCUT2D eigenvalue weighted by Gasteiger charge is 2.56. The minimum absolute atomic E-state index is 0.0331. The van der Waals surface area contributed by atoms with Crippen LogP contribution in [0.1, 0.15) is 119 Å². The number of nitrogens with two attached hydrogens (primary N) is 1. The zero-order valence-electron chi connectivity index (χ0n) is 37.6. The zero-order valence-corrected chi connectivity index (χ0v) is 37.6. The molecule has 1 saturated carbocycles. The number of allylic oxidation sites excluding steroid dienone is 3. The van der Waals surface area contributed by atoms with E-state index in [1.54, 1.807) is 33.3 Å². The van der Waals surface area contributed by atoms with Gasteiger partial charge in [0.2, 0.25) is 5.79 Å². The lowest BCUT2D eigenvalue weighted by molar-refractivity contribution is -0.302. The molecule has 13 unspecified atom stereocenters. The predicted octanol–water partition coefficient (Wildman–Crippen LogP) is 7.04. The van der Waals surface area contributed by atoms with Crippen LogP contribution in [0.3, 0.4) is 0 Å². The minimum Gasteiger partial charge on any atom is -0.489 e. The van der Waals surface area contributed by atoms with Gasteiger partial charge < -0.3 is 39.4 Å². The number of methoxy groups -OCH3 is 2. The second-order valence-corrected chi connectivity index (χ2v) is 18.5. The molecule has 1 amide bonds. The molecule has 61 heavy (non-hydrogen) atoms. The molecule has 0 aromatic heterocycles. The lowest BCUT2D eigenvalue weighted by Gasteiger charge is -2.47. The number of halogens is 1. The molecule has 0 radical (unpaired) electrons. The van der Waals surface area contributed by atoms with Gasteiger partial charge >= 0.3 is 5.97 Å². The summed E-state index contributed by atoms with van der Waals surface area (Å²) in [7, 11) is 3.10. The van der Waals surface area contributed by atoms with Gasteiger partial charge in [0.25, 0.3) is 11.7 Å². The van der Waals surface area contributed by atoms with Crippen molar-refractivity contribution in [2.75, 3.05) is 20.8 Å². The summed E-state index contributed by atoms with van der Waals surface area (Å²) < 4.78 is 44.3. The molecule has 13 atom stereocenters. The predicted molar refractivity (Wildman–Crippen MR) is 229 cm³/mol. The van der Waals surface area contributed by atoms with Crippen LogP contribution >= 0.6 is 0 Å². The Morgan fingerprint density at radius 1 is 0.967 bits per heavy atom. The molecule has 3 heterocycles. The molecule has 2 bridgehead atoms. The fourth-order valence-electron chi connectivity index (χ4n) is 10.0. The first-order valence-corrected chi connectivity index (χ1v) is 22.6. The van der Waals surface area contributed by atoms with Gasteiger partial charge in [0.05, 0.1) is 12.2 Å². The molecule has 5 rings (SSSR count). The average molecular weight is 855 g/mol. The van der Waals surface area contributed by atoms with Gasteiger partial charge in [-0.15, -0.1) is 0 Å². The maximum absolute atomic E-state index is 14.4. The van der Waals surface area contributed by atoms with E-state index in [1.807, 2.05) is 27.7 Å². The third-order valence-electron chi connectivity index (χ3n) is 13.6. The van der Waals surface area contributed by atoms with Gasteiger partial charge in [-0.05, 0) is 132 Å². The maximum Gasteiger partial charge on any atom is 0.329 e. The lowest BCUT2D eigenvalue weighted by atomic mass is 9.81. The molecular formula is C48H71FN2O10. The van der Waals surface area contributed by atoms with Crippen LogP contribution in [0.2, 0.25) is 0 Å². The highest BCUT2D eigenvalue weighted by molar-refractivity contribution is 6.39. The molecule has 0 spiro atoms. The Kier molecular flexibility index (Phi) is 17.3. The second kappa shape index (κ2) is 21.7. The number of ketones is 2. The van der Waals surface area contributed by atoms with Crippen molar-refractivity contribution >= 4 is 23.4 Å². The first kappa shape index (κ1) is 48.5. The van der Waals surface area contributed by atoms with Crippen LogP contribution in [0.5, 0.6) is 5.75 Å². The Bertz CT molecular complexity index is 1730. The van der Waals surface area contributed by atoms with Gasteiger partial charge in [-0.3, -0.25) is 14.4 Å². The summed E-state index contributed by atoms with van der Waals surface area (Å²) in [5.41, 5.74) is 8.38. The molecule has 3 N–H and O–H groups in total. The summed E-state index contributed by atoms with van der Waals surface area (Å²) >= 11 is 0. The van der Waals surface area contributed by atoms with Gasteiger partial charge in [-0.2, -0.15) is 0 Å². The number of ether oxygens (including phenoxy) is 5. The smallest absolute Gasteiger partial charge is 0.329 e. The number of rotatable bonds is 7. The van der Waals surface area contributed by atoms with E-state index < -0.39 is 59.8 Å². The molecule has 1 aromatic rings. The molecule has 3 fully saturated rings. The number of hydrogen-bond acceptors (Lipinski definition) is 11. The summed E-state index contributed by atoms with van der Waals surface area (Å²) in [5.74, 6) is -6.23. The van der Waals surface area contributed by atoms with E-state index >= 15 is 0 Å². The van der Waals surface area contributed by atoms with E-state index in [-0.39, 0.29) is 73.2 Å². The quantitative estimate of drug-likeness (QED) is 0.164. The number of hydrogen-bond donors (Lipinski definition) is 2. The van der Waals surface area contributed by atoms with Gasteiger partial charge in [-0.25, -0.2) is 9.18 Å². The number of cyclic esters (lactones) is 1. The number of carbonyl (C=O) groups excluding carboxylic acids is 4. The molecule has 4 aliphatic rings. The molecule has 2 saturated heterocycles. The number of aliphatic hydroxyl groups is 1. The highest BCUT2D eigenvalue weighted by Crippen LogP contribution is 2.39. The Morgan fingerprint density at radius 3 is 2.33 bits per heavy atom. The maximum atomic E-state index is 14.4. The molecule has 1 aliphatic carbocycles. The van der Waals surface area contributed by atoms with Crippen molar-refractivity contribution in [3.05, 3.63) is 53.4 Å². The summed E-state index contributed by atoms with van der Waals surface area (Å²) in [6.07, 6.45) is 7.48. The monoisotopic (exact) mass is 855 g/mol. The number of carbonyl (C=O) groups is 4. The number of amides is 1. The van der Waals surface area contributed by atoms with Crippen LogP contribution < -0.4 is 10.5 Å². The van der Waals surface area contributed by atoms with E-state index in [1.165, 1.54) is 17.0 Å². The summed E-state index contributed by atoms with van der Waals surface area (Å²) in [6.45, 7) is 11.8. The number of esters is 1. The fraction of sp³-hybridized carbons (Fsp3) is 0.708. The van der Waals surface area contributed by atoms with Crippen molar-refractivity contribution in [2.24, 2.45) is 35.3 Å². The van der Waals surface area contributed by atoms with Crippen LogP contribution in [0, 0.1) is 35.4 Å². The van der Waals surface area contributed by atoms with E-state index in [0.717, 1.165) is 17.6 Å². The summed E-state index contributed by atoms with van der Waals surface area (Å²) in [4.78, 5) is 58.1. The summed E-state index contributed by atoms with van der Waals surface area (Å²) in [6, 6.07) is 4.58. The van der Waals surface area contributed by atoms with Crippen LogP contribution in [0.4, 0.5) is 4.39 Å². The molecule has 13 heteroatoms. The van der Waals surface area contributed by atoms with Crippen LogP contribution in [0.15, 0.2) is 47.6 Å².